The van der Waals surface area contributed by atoms with E-state index in [2.05, 4.69) is 26.6 Å². The third-order valence-electron chi connectivity index (χ3n) is 2.86. The van der Waals surface area contributed by atoms with Gasteiger partial charge in [-0.15, -0.1) is 0 Å². The molecule has 0 unspecified atom stereocenters. The van der Waals surface area contributed by atoms with Crippen molar-refractivity contribution in [3.8, 4) is 6.07 Å². The Balaban J connectivity index is 2.45. The average Bonchev–Trinajstić information content (AvgIpc) is 2.48. The van der Waals surface area contributed by atoms with Crippen LogP contribution in [0, 0.1) is 21.4 Å². The zero-order chi connectivity index (χ0) is 15.4. The van der Waals surface area contributed by atoms with Gasteiger partial charge in [0.05, 0.1) is 22.2 Å². The smallest absolute Gasteiger partial charge is 0.315 e. The van der Waals surface area contributed by atoms with Crippen LogP contribution in [-0.4, -0.2) is 12.0 Å². The molecular formula is C14H11BrN4O2. The molecule has 2 N–H and O–H groups in total. The van der Waals surface area contributed by atoms with Gasteiger partial charge in [-0.05, 0) is 46.3 Å². The van der Waals surface area contributed by atoms with Crippen molar-refractivity contribution in [1.82, 2.24) is 0 Å². The zero-order valence-electron chi connectivity index (χ0n) is 11.1. The highest BCUT2D eigenvalue weighted by atomic mass is 79.9. The molecule has 0 saturated heterocycles. The van der Waals surface area contributed by atoms with Crippen LogP contribution in [0.25, 0.3) is 0 Å². The number of hydrogen-bond acceptors (Lipinski definition) is 5. The van der Waals surface area contributed by atoms with E-state index >= 15 is 0 Å². The van der Waals surface area contributed by atoms with Crippen LogP contribution in [-0.2, 0) is 0 Å². The SMILES string of the molecule is CNc1cccc(Nc2ccc(C#N)cc2Br)c1[N+](=O)[O-]. The lowest BCUT2D eigenvalue weighted by atomic mass is 10.2. The number of nitrogens with one attached hydrogen (secondary N) is 2. The maximum Gasteiger partial charge on any atom is 0.315 e. The molecule has 0 spiro atoms. The fourth-order valence-corrected chi connectivity index (χ4v) is 2.35. The van der Waals surface area contributed by atoms with Gasteiger partial charge in [0.1, 0.15) is 11.4 Å². The summed E-state index contributed by atoms with van der Waals surface area (Å²) < 4.78 is 0.658. The van der Waals surface area contributed by atoms with E-state index in [0.29, 0.717) is 27.1 Å². The van der Waals surface area contributed by atoms with Gasteiger partial charge in [-0.25, -0.2) is 0 Å². The van der Waals surface area contributed by atoms with Crippen LogP contribution in [0.5, 0.6) is 0 Å². The molecule has 0 bridgehead atoms. The number of nitriles is 1. The quantitative estimate of drug-likeness (QED) is 0.644. The monoisotopic (exact) mass is 346 g/mol. The van der Waals surface area contributed by atoms with E-state index in [1.165, 1.54) is 0 Å². The Hall–Kier alpha value is -2.59. The molecule has 0 heterocycles. The molecule has 7 heteroatoms. The van der Waals surface area contributed by atoms with Crippen LogP contribution in [0.15, 0.2) is 40.9 Å². The second-order valence-electron chi connectivity index (χ2n) is 4.14. The first kappa shape index (κ1) is 14.8. The van der Waals surface area contributed by atoms with Gasteiger partial charge < -0.3 is 10.6 Å². The van der Waals surface area contributed by atoms with Gasteiger partial charge in [-0.1, -0.05) is 6.07 Å². The van der Waals surface area contributed by atoms with Gasteiger partial charge in [-0.2, -0.15) is 5.26 Å². The molecule has 21 heavy (non-hydrogen) atoms. The Bertz CT molecular complexity index is 740. The Kier molecular flexibility index (Phi) is 4.40. The lowest BCUT2D eigenvalue weighted by molar-refractivity contribution is -0.383. The van der Waals surface area contributed by atoms with E-state index in [9.17, 15) is 10.1 Å². The van der Waals surface area contributed by atoms with Gasteiger partial charge in [0.15, 0.2) is 0 Å². The first-order valence-corrected chi connectivity index (χ1v) is 6.78. The summed E-state index contributed by atoms with van der Waals surface area (Å²) in [5.41, 5.74) is 1.92. The minimum Gasteiger partial charge on any atom is -0.382 e. The van der Waals surface area contributed by atoms with E-state index in [1.807, 2.05) is 6.07 Å². The summed E-state index contributed by atoms with van der Waals surface area (Å²) in [5, 5.41) is 25.9. The first-order chi connectivity index (χ1) is 10.1. The largest absolute Gasteiger partial charge is 0.382 e. The number of nitro benzene ring substituents is 1. The van der Waals surface area contributed by atoms with Crippen molar-refractivity contribution in [1.29, 1.82) is 5.26 Å². The number of benzene rings is 2. The summed E-state index contributed by atoms with van der Waals surface area (Å²) >= 11 is 3.34. The number of nitro groups is 1. The molecule has 2 aromatic rings. The van der Waals surface area contributed by atoms with Crippen LogP contribution in [0.1, 0.15) is 5.56 Å². The van der Waals surface area contributed by atoms with Crippen LogP contribution < -0.4 is 10.6 Å². The number of halogens is 1. The molecular weight excluding hydrogens is 336 g/mol. The fraction of sp³-hybridized carbons (Fsp3) is 0.0714. The lowest BCUT2D eigenvalue weighted by Gasteiger charge is -2.11. The van der Waals surface area contributed by atoms with Gasteiger partial charge >= 0.3 is 5.69 Å². The summed E-state index contributed by atoms with van der Waals surface area (Å²) in [6.07, 6.45) is 0. The molecule has 0 aliphatic carbocycles. The van der Waals surface area contributed by atoms with E-state index in [-0.39, 0.29) is 5.69 Å². The molecule has 0 fully saturated rings. The third-order valence-corrected chi connectivity index (χ3v) is 3.51. The van der Waals surface area contributed by atoms with Gasteiger partial charge in [0.2, 0.25) is 0 Å². The minimum atomic E-state index is -0.439. The van der Waals surface area contributed by atoms with Crippen LogP contribution in [0.3, 0.4) is 0 Å². The maximum atomic E-state index is 11.2. The highest BCUT2D eigenvalue weighted by Crippen LogP contribution is 2.36. The zero-order valence-corrected chi connectivity index (χ0v) is 12.6. The highest BCUT2D eigenvalue weighted by Gasteiger charge is 2.19. The summed E-state index contributed by atoms with van der Waals surface area (Å²) in [4.78, 5) is 10.8. The van der Waals surface area contributed by atoms with Gasteiger partial charge in [-0.3, -0.25) is 10.1 Å². The van der Waals surface area contributed by atoms with Crippen LogP contribution >= 0.6 is 15.9 Å². The second-order valence-corrected chi connectivity index (χ2v) is 4.99. The van der Waals surface area contributed by atoms with Crippen molar-refractivity contribution in [2.24, 2.45) is 0 Å². The lowest BCUT2D eigenvalue weighted by Crippen LogP contribution is -2.01. The van der Waals surface area contributed by atoms with Crippen molar-refractivity contribution in [3.63, 3.8) is 0 Å². The molecule has 0 amide bonds. The molecule has 106 valence electrons. The van der Waals surface area contributed by atoms with E-state index < -0.39 is 4.92 Å². The summed E-state index contributed by atoms with van der Waals surface area (Å²) in [6.45, 7) is 0. The van der Waals surface area contributed by atoms with Crippen LogP contribution in [0.4, 0.5) is 22.7 Å². The standard InChI is InChI=1S/C14H11BrN4O2/c1-17-12-3-2-4-13(14(12)19(20)21)18-11-6-5-9(8-16)7-10(11)15/h2-7,17-18H,1H3. The fourth-order valence-electron chi connectivity index (χ4n) is 1.87. The molecule has 0 aliphatic heterocycles. The van der Waals surface area contributed by atoms with Crippen molar-refractivity contribution in [2.45, 2.75) is 0 Å². The predicted molar refractivity (Wildman–Crippen MR) is 84.8 cm³/mol. The van der Waals surface area contributed by atoms with Crippen molar-refractivity contribution >= 4 is 38.7 Å². The second kappa shape index (κ2) is 6.24. The first-order valence-electron chi connectivity index (χ1n) is 5.98. The van der Waals surface area contributed by atoms with E-state index in [4.69, 9.17) is 5.26 Å². The Morgan fingerprint density at radius 1 is 1.24 bits per heavy atom. The number of para-hydroxylation sites is 1. The summed E-state index contributed by atoms with van der Waals surface area (Å²) in [6, 6.07) is 12.0. The molecule has 0 aromatic heterocycles. The Morgan fingerprint density at radius 2 is 1.95 bits per heavy atom. The number of nitrogens with zero attached hydrogens (tertiary/aromatic N) is 2. The topological polar surface area (TPSA) is 91.0 Å². The molecule has 0 radical (unpaired) electrons. The van der Waals surface area contributed by atoms with Crippen molar-refractivity contribution < 1.29 is 4.92 Å². The van der Waals surface area contributed by atoms with Gasteiger partial charge in [0, 0.05) is 11.5 Å². The molecule has 0 aliphatic rings. The molecule has 2 aromatic carbocycles. The summed E-state index contributed by atoms with van der Waals surface area (Å²) in [7, 11) is 1.63. The molecule has 6 nitrogen and oxygen atoms in total. The third kappa shape index (κ3) is 3.12. The Morgan fingerprint density at radius 3 is 2.52 bits per heavy atom. The average molecular weight is 347 g/mol. The van der Waals surface area contributed by atoms with Gasteiger partial charge in [0.25, 0.3) is 0 Å². The molecule has 2 rings (SSSR count). The van der Waals surface area contributed by atoms with E-state index in [1.54, 1.807) is 43.4 Å². The summed E-state index contributed by atoms with van der Waals surface area (Å²) in [5.74, 6) is 0. The number of hydrogen-bond donors (Lipinski definition) is 2. The predicted octanol–water partition coefficient (Wildman–Crippen LogP) is 4.01. The van der Waals surface area contributed by atoms with Crippen LogP contribution in [0.2, 0.25) is 0 Å². The number of rotatable bonds is 4. The molecule has 0 saturated carbocycles. The van der Waals surface area contributed by atoms with E-state index in [0.717, 1.165) is 0 Å². The van der Waals surface area contributed by atoms with Crippen molar-refractivity contribution in [3.05, 3.63) is 56.5 Å². The minimum absolute atomic E-state index is 0.0312. The van der Waals surface area contributed by atoms with Crippen molar-refractivity contribution in [2.75, 3.05) is 17.7 Å². The number of anilines is 3. The highest BCUT2D eigenvalue weighted by molar-refractivity contribution is 9.10. The Labute approximate surface area is 129 Å². The molecule has 0 atom stereocenters. The maximum absolute atomic E-state index is 11.2. The normalized spacial score (nSPS) is 9.76.